The summed E-state index contributed by atoms with van der Waals surface area (Å²) in [5, 5.41) is 3.68. The fourth-order valence-electron chi connectivity index (χ4n) is 2.52. The van der Waals surface area contributed by atoms with Crippen LogP contribution in [0.4, 0.5) is 0 Å². The van der Waals surface area contributed by atoms with Gasteiger partial charge in [0.1, 0.15) is 0 Å². The minimum Gasteiger partial charge on any atom is -0.383 e. The predicted octanol–water partition coefficient (Wildman–Crippen LogP) is 3.47. The van der Waals surface area contributed by atoms with E-state index in [0.29, 0.717) is 12.1 Å². The molecular formula is C18H32N2O. The second-order valence-electron chi connectivity index (χ2n) is 5.83. The molecule has 120 valence electrons. The lowest BCUT2D eigenvalue weighted by molar-refractivity contribution is 0.126. The Morgan fingerprint density at radius 1 is 1.14 bits per heavy atom. The molecule has 3 heteroatoms. The molecule has 0 saturated carbocycles. The van der Waals surface area contributed by atoms with E-state index in [-0.39, 0.29) is 0 Å². The molecule has 1 N–H and O–H groups in total. The summed E-state index contributed by atoms with van der Waals surface area (Å²) in [5.41, 5.74) is 1.39. The zero-order chi connectivity index (χ0) is 15.5. The smallest absolute Gasteiger partial charge is 0.0589 e. The Hall–Kier alpha value is -0.900. The van der Waals surface area contributed by atoms with E-state index < -0.39 is 0 Å². The second kappa shape index (κ2) is 10.8. The van der Waals surface area contributed by atoms with E-state index in [9.17, 15) is 0 Å². The summed E-state index contributed by atoms with van der Waals surface area (Å²) < 4.78 is 5.22. The number of rotatable bonds is 11. The van der Waals surface area contributed by atoms with Crippen LogP contribution in [0.1, 0.15) is 45.2 Å². The summed E-state index contributed by atoms with van der Waals surface area (Å²) >= 11 is 0. The van der Waals surface area contributed by atoms with E-state index in [0.717, 1.165) is 32.7 Å². The maximum atomic E-state index is 5.22. The third-order valence-corrected chi connectivity index (χ3v) is 3.86. The number of benzene rings is 1. The fraction of sp³-hybridized carbons (Fsp3) is 0.667. The van der Waals surface area contributed by atoms with E-state index in [1.807, 2.05) is 0 Å². The van der Waals surface area contributed by atoms with Crippen molar-refractivity contribution in [2.24, 2.45) is 0 Å². The number of methoxy groups -OCH3 is 1. The van der Waals surface area contributed by atoms with Crippen LogP contribution in [0, 0.1) is 0 Å². The van der Waals surface area contributed by atoms with Gasteiger partial charge in [-0.25, -0.2) is 0 Å². The van der Waals surface area contributed by atoms with Crippen molar-refractivity contribution >= 4 is 0 Å². The average molecular weight is 292 g/mol. The van der Waals surface area contributed by atoms with Crippen LogP contribution < -0.4 is 5.32 Å². The summed E-state index contributed by atoms with van der Waals surface area (Å²) in [6.07, 6.45) is 2.30. The maximum Gasteiger partial charge on any atom is 0.0589 e. The highest BCUT2D eigenvalue weighted by atomic mass is 16.5. The van der Waals surface area contributed by atoms with Gasteiger partial charge in [-0.2, -0.15) is 0 Å². The van der Waals surface area contributed by atoms with Gasteiger partial charge in [-0.1, -0.05) is 37.3 Å². The molecule has 0 aliphatic rings. The van der Waals surface area contributed by atoms with Gasteiger partial charge in [-0.15, -0.1) is 0 Å². The number of hydrogen-bond donors (Lipinski definition) is 1. The number of hydrogen-bond acceptors (Lipinski definition) is 3. The van der Waals surface area contributed by atoms with Crippen molar-refractivity contribution in [1.29, 1.82) is 0 Å². The third-order valence-electron chi connectivity index (χ3n) is 3.86. The molecule has 0 fully saturated rings. The molecule has 0 aliphatic carbocycles. The van der Waals surface area contributed by atoms with Gasteiger partial charge in [0, 0.05) is 32.3 Å². The minimum absolute atomic E-state index is 0.440. The minimum atomic E-state index is 0.440. The summed E-state index contributed by atoms with van der Waals surface area (Å²) in [7, 11) is 1.77. The van der Waals surface area contributed by atoms with Crippen LogP contribution in [-0.2, 0) is 4.74 Å². The Morgan fingerprint density at radius 2 is 1.86 bits per heavy atom. The molecule has 0 bridgehead atoms. The summed E-state index contributed by atoms with van der Waals surface area (Å²) in [6.45, 7) is 10.7. The maximum absolute atomic E-state index is 5.22. The van der Waals surface area contributed by atoms with Crippen LogP contribution in [-0.4, -0.2) is 44.3 Å². The molecule has 1 aromatic rings. The highest BCUT2D eigenvalue weighted by Crippen LogP contribution is 2.17. The lowest BCUT2D eigenvalue weighted by atomic mass is 10.0. The monoisotopic (exact) mass is 292 g/mol. The number of nitrogens with one attached hydrogen (secondary N) is 1. The van der Waals surface area contributed by atoms with Crippen molar-refractivity contribution in [2.75, 3.05) is 33.4 Å². The van der Waals surface area contributed by atoms with Crippen LogP contribution in [0.25, 0.3) is 0 Å². The molecule has 0 amide bonds. The summed E-state index contributed by atoms with van der Waals surface area (Å²) in [4.78, 5) is 2.49. The van der Waals surface area contributed by atoms with Crippen LogP contribution in [0.5, 0.6) is 0 Å². The standard InChI is InChI=1S/C18H32N2O/c1-5-12-19-18(17-9-7-6-8-10-17)11-13-20(16(2)3)14-15-21-4/h6-10,16,18-19H,5,11-15H2,1-4H3. The Labute approximate surface area is 130 Å². The van der Waals surface area contributed by atoms with Gasteiger partial charge < -0.3 is 10.1 Å². The number of nitrogens with zero attached hydrogens (tertiary/aromatic N) is 1. The topological polar surface area (TPSA) is 24.5 Å². The molecule has 0 spiro atoms. The molecule has 0 radical (unpaired) electrons. The molecule has 1 rings (SSSR count). The van der Waals surface area contributed by atoms with Crippen LogP contribution in [0.3, 0.4) is 0 Å². The van der Waals surface area contributed by atoms with E-state index in [1.54, 1.807) is 7.11 Å². The Kier molecular flexibility index (Phi) is 9.31. The molecule has 0 heterocycles. The van der Waals surface area contributed by atoms with Crippen molar-refractivity contribution in [3.63, 3.8) is 0 Å². The fourth-order valence-corrected chi connectivity index (χ4v) is 2.52. The van der Waals surface area contributed by atoms with Crippen molar-refractivity contribution in [2.45, 2.75) is 45.7 Å². The highest BCUT2D eigenvalue weighted by molar-refractivity contribution is 5.18. The van der Waals surface area contributed by atoms with Crippen molar-refractivity contribution in [3.05, 3.63) is 35.9 Å². The molecule has 0 aliphatic heterocycles. The molecule has 21 heavy (non-hydrogen) atoms. The predicted molar refractivity (Wildman–Crippen MR) is 90.7 cm³/mol. The van der Waals surface area contributed by atoms with Gasteiger partial charge in [0.15, 0.2) is 0 Å². The number of ether oxygens (including phenoxy) is 1. The highest BCUT2D eigenvalue weighted by Gasteiger charge is 2.14. The van der Waals surface area contributed by atoms with Crippen molar-refractivity contribution < 1.29 is 4.74 Å². The first-order valence-corrected chi connectivity index (χ1v) is 8.20. The Bertz CT molecular complexity index is 353. The van der Waals surface area contributed by atoms with Crippen LogP contribution >= 0.6 is 0 Å². The van der Waals surface area contributed by atoms with Crippen molar-refractivity contribution in [3.8, 4) is 0 Å². The lowest BCUT2D eigenvalue weighted by Gasteiger charge is -2.28. The van der Waals surface area contributed by atoms with Crippen molar-refractivity contribution in [1.82, 2.24) is 10.2 Å². The average Bonchev–Trinajstić information content (AvgIpc) is 2.50. The zero-order valence-corrected chi connectivity index (χ0v) is 14.1. The normalized spacial score (nSPS) is 13.0. The lowest BCUT2D eigenvalue weighted by Crippen LogP contribution is -2.36. The van der Waals surface area contributed by atoms with E-state index in [2.05, 4.69) is 61.3 Å². The Morgan fingerprint density at radius 3 is 2.43 bits per heavy atom. The first-order valence-electron chi connectivity index (χ1n) is 8.20. The third kappa shape index (κ3) is 7.07. The molecule has 3 nitrogen and oxygen atoms in total. The van der Waals surface area contributed by atoms with Gasteiger partial charge >= 0.3 is 0 Å². The molecule has 0 aromatic heterocycles. The second-order valence-corrected chi connectivity index (χ2v) is 5.83. The SMILES string of the molecule is CCCNC(CCN(CCOC)C(C)C)c1ccccc1. The van der Waals surface area contributed by atoms with Gasteiger partial charge in [-0.05, 0) is 38.8 Å². The molecule has 0 saturated heterocycles. The summed E-state index contributed by atoms with van der Waals surface area (Å²) in [5.74, 6) is 0. The van der Waals surface area contributed by atoms with Crippen LogP contribution in [0.15, 0.2) is 30.3 Å². The zero-order valence-electron chi connectivity index (χ0n) is 14.1. The molecule has 1 atom stereocenters. The quantitative estimate of drug-likeness (QED) is 0.676. The first-order chi connectivity index (χ1) is 10.2. The molecular weight excluding hydrogens is 260 g/mol. The van der Waals surface area contributed by atoms with E-state index in [1.165, 1.54) is 12.0 Å². The van der Waals surface area contributed by atoms with Gasteiger partial charge in [-0.3, -0.25) is 4.90 Å². The van der Waals surface area contributed by atoms with Gasteiger partial charge in [0.25, 0.3) is 0 Å². The summed E-state index contributed by atoms with van der Waals surface area (Å²) in [6, 6.07) is 11.8. The first kappa shape index (κ1) is 18.1. The molecule has 1 aromatic carbocycles. The van der Waals surface area contributed by atoms with Gasteiger partial charge in [0.2, 0.25) is 0 Å². The van der Waals surface area contributed by atoms with Gasteiger partial charge in [0.05, 0.1) is 6.61 Å². The molecule has 1 unspecified atom stereocenters. The largest absolute Gasteiger partial charge is 0.383 e. The van der Waals surface area contributed by atoms with E-state index in [4.69, 9.17) is 4.74 Å². The Balaban J connectivity index is 2.59. The van der Waals surface area contributed by atoms with E-state index >= 15 is 0 Å². The van der Waals surface area contributed by atoms with Crippen LogP contribution in [0.2, 0.25) is 0 Å².